The van der Waals surface area contributed by atoms with Crippen molar-refractivity contribution in [2.75, 3.05) is 12.0 Å². The standard InChI is InChI=1S/C27H27ClN6O2S/c1-16-8-7-10-21(32-18(3)13-22(16)33-37-4)26(35)19-14-31-34(27(19)29)23-15-30-25(12-17(23)2)36-24-11-6-5-9-20(24)28/h5-6,8-15,32-33H,3,7,29H2,1-2,4H3/b16-8-,21-10-,22-13+. The lowest BCUT2D eigenvalue weighted by Crippen LogP contribution is -2.20. The average Bonchev–Trinajstić information content (AvgIpc) is 3.26. The number of rotatable bonds is 7. The number of hydrogen-bond acceptors (Lipinski definition) is 8. The second-order valence-electron chi connectivity index (χ2n) is 8.28. The molecule has 0 saturated carbocycles. The van der Waals surface area contributed by atoms with Crippen molar-refractivity contribution in [3.63, 3.8) is 0 Å². The van der Waals surface area contributed by atoms with E-state index < -0.39 is 0 Å². The Kier molecular flexibility index (Phi) is 8.05. The molecule has 0 aliphatic carbocycles. The lowest BCUT2D eigenvalue weighted by atomic mass is 10.1. The van der Waals surface area contributed by atoms with Gasteiger partial charge in [-0.2, -0.15) is 5.10 Å². The summed E-state index contributed by atoms with van der Waals surface area (Å²) >= 11 is 7.67. The normalized spacial score (nSPS) is 18.1. The van der Waals surface area contributed by atoms with Crippen molar-refractivity contribution in [2.45, 2.75) is 20.3 Å². The van der Waals surface area contributed by atoms with Gasteiger partial charge in [-0.3, -0.25) is 4.79 Å². The average molecular weight is 535 g/mol. The zero-order valence-electron chi connectivity index (χ0n) is 20.7. The van der Waals surface area contributed by atoms with E-state index in [1.165, 1.54) is 22.8 Å². The maximum Gasteiger partial charge on any atom is 0.219 e. The van der Waals surface area contributed by atoms with Crippen molar-refractivity contribution in [2.24, 2.45) is 0 Å². The first-order valence-corrected chi connectivity index (χ1v) is 13.0. The molecule has 0 radical (unpaired) electrons. The van der Waals surface area contributed by atoms with E-state index in [4.69, 9.17) is 22.1 Å². The highest BCUT2D eigenvalue weighted by atomic mass is 35.5. The number of aryl methyl sites for hydroxylation is 1. The highest BCUT2D eigenvalue weighted by Crippen LogP contribution is 2.30. The van der Waals surface area contributed by atoms with Crippen molar-refractivity contribution in [3.8, 4) is 17.3 Å². The Labute approximate surface area is 225 Å². The number of nitrogens with two attached hydrogens (primary N) is 1. The van der Waals surface area contributed by atoms with E-state index in [2.05, 4.69) is 26.7 Å². The van der Waals surface area contributed by atoms with E-state index in [0.29, 0.717) is 40.2 Å². The minimum Gasteiger partial charge on any atom is -0.437 e. The summed E-state index contributed by atoms with van der Waals surface area (Å²) in [6.07, 6.45) is 11.3. The summed E-state index contributed by atoms with van der Waals surface area (Å²) in [4.78, 5) is 17.8. The topological polar surface area (TPSA) is 107 Å². The Bertz CT molecular complexity index is 1460. The van der Waals surface area contributed by atoms with E-state index in [1.54, 1.807) is 24.4 Å². The molecule has 1 aliphatic heterocycles. The van der Waals surface area contributed by atoms with Crippen LogP contribution in [0.5, 0.6) is 11.6 Å². The lowest BCUT2D eigenvalue weighted by molar-refractivity contribution is 0.102. The Morgan fingerprint density at radius 2 is 2.05 bits per heavy atom. The number of nitrogens with one attached hydrogen (secondary N) is 2. The maximum absolute atomic E-state index is 13.4. The first kappa shape index (κ1) is 26.1. The highest BCUT2D eigenvalue weighted by Gasteiger charge is 2.21. The molecule has 37 heavy (non-hydrogen) atoms. The molecule has 2 aromatic heterocycles. The fourth-order valence-electron chi connectivity index (χ4n) is 3.69. The summed E-state index contributed by atoms with van der Waals surface area (Å²) in [6, 6.07) is 8.92. The number of Topliss-reactive ketones (excluding diaryl/α,β-unsaturated/α-hetero) is 1. The van der Waals surface area contributed by atoms with Crippen LogP contribution in [0, 0.1) is 6.92 Å². The maximum atomic E-state index is 13.4. The first-order valence-electron chi connectivity index (χ1n) is 11.4. The summed E-state index contributed by atoms with van der Waals surface area (Å²) in [5, 5.41) is 7.97. The van der Waals surface area contributed by atoms with Crippen LogP contribution in [0.3, 0.4) is 0 Å². The molecule has 0 bridgehead atoms. The van der Waals surface area contributed by atoms with Crippen LogP contribution in [0.2, 0.25) is 5.02 Å². The lowest BCUT2D eigenvalue weighted by Gasteiger charge is -2.13. The summed E-state index contributed by atoms with van der Waals surface area (Å²) in [7, 11) is 0. The molecule has 4 N–H and O–H groups in total. The Morgan fingerprint density at radius 1 is 1.27 bits per heavy atom. The Morgan fingerprint density at radius 3 is 2.78 bits per heavy atom. The van der Waals surface area contributed by atoms with Crippen molar-refractivity contribution in [1.82, 2.24) is 24.8 Å². The number of allylic oxidation sites excluding steroid dienone is 5. The van der Waals surface area contributed by atoms with Gasteiger partial charge < -0.3 is 20.5 Å². The van der Waals surface area contributed by atoms with Crippen molar-refractivity contribution >= 4 is 35.1 Å². The second kappa shape index (κ2) is 11.4. The number of ketones is 1. The van der Waals surface area contributed by atoms with Gasteiger partial charge in [0.25, 0.3) is 0 Å². The SMILES string of the molecule is C=C1/C=C(NSC)\C(C)=C/C/C=C(/C(=O)c2cnn(-c3cnc(Oc4ccccc4Cl)cc3C)c2N)N1. The number of halogens is 1. The molecule has 3 aromatic rings. The number of anilines is 1. The number of carbonyl (C=O) groups excluding carboxylic acids is 1. The molecule has 0 saturated heterocycles. The van der Waals surface area contributed by atoms with Gasteiger partial charge in [-0.25, -0.2) is 9.67 Å². The van der Waals surface area contributed by atoms with Gasteiger partial charge in [-0.15, -0.1) is 0 Å². The van der Waals surface area contributed by atoms with E-state index in [9.17, 15) is 4.79 Å². The van der Waals surface area contributed by atoms with Gasteiger partial charge in [0.15, 0.2) is 0 Å². The van der Waals surface area contributed by atoms with Crippen LogP contribution < -0.4 is 20.5 Å². The van der Waals surface area contributed by atoms with Gasteiger partial charge in [0.2, 0.25) is 11.7 Å². The third kappa shape index (κ3) is 5.90. The van der Waals surface area contributed by atoms with Crippen molar-refractivity contribution in [1.29, 1.82) is 0 Å². The number of hydrogen-bond donors (Lipinski definition) is 3. The van der Waals surface area contributed by atoms with Crippen LogP contribution in [0.25, 0.3) is 5.69 Å². The molecule has 0 spiro atoms. The number of nitrogens with zero attached hydrogens (tertiary/aromatic N) is 3. The molecular weight excluding hydrogens is 508 g/mol. The molecule has 0 atom stereocenters. The summed E-state index contributed by atoms with van der Waals surface area (Å²) < 4.78 is 10.5. The Balaban J connectivity index is 1.58. The smallest absolute Gasteiger partial charge is 0.219 e. The molecule has 8 nitrogen and oxygen atoms in total. The van der Waals surface area contributed by atoms with Crippen LogP contribution in [0.1, 0.15) is 29.3 Å². The van der Waals surface area contributed by atoms with E-state index in [0.717, 1.165) is 16.8 Å². The molecule has 190 valence electrons. The van der Waals surface area contributed by atoms with Crippen LogP contribution in [-0.2, 0) is 0 Å². The van der Waals surface area contributed by atoms with Crippen LogP contribution in [-0.4, -0.2) is 26.8 Å². The number of benzene rings is 1. The molecule has 0 unspecified atom stereocenters. The predicted molar refractivity (Wildman–Crippen MR) is 150 cm³/mol. The van der Waals surface area contributed by atoms with Crippen molar-refractivity contribution < 1.29 is 9.53 Å². The molecule has 0 amide bonds. The number of nitrogen functional groups attached to an aromatic ring is 1. The zero-order valence-corrected chi connectivity index (χ0v) is 22.3. The number of aromatic nitrogens is 3. The minimum absolute atomic E-state index is 0.204. The van der Waals surface area contributed by atoms with Crippen molar-refractivity contribution in [3.05, 3.63) is 106 Å². The third-order valence-corrected chi connectivity index (χ3v) is 6.37. The van der Waals surface area contributed by atoms with Crippen LogP contribution >= 0.6 is 23.5 Å². The number of ether oxygens (including phenoxy) is 1. The van der Waals surface area contributed by atoms with E-state index >= 15 is 0 Å². The fraction of sp³-hybridized carbons (Fsp3) is 0.148. The molecule has 4 rings (SSSR count). The molecule has 1 aliphatic rings. The third-order valence-electron chi connectivity index (χ3n) is 5.63. The molecule has 10 heteroatoms. The van der Waals surface area contributed by atoms with Gasteiger partial charge in [0.05, 0.1) is 34.4 Å². The highest BCUT2D eigenvalue weighted by molar-refractivity contribution is 7.96. The molecule has 1 aromatic carbocycles. The van der Waals surface area contributed by atoms with Gasteiger partial charge in [0, 0.05) is 23.7 Å². The van der Waals surface area contributed by atoms with E-state index in [-0.39, 0.29) is 17.2 Å². The fourth-order valence-corrected chi connectivity index (χ4v) is 4.31. The first-order chi connectivity index (χ1) is 17.8. The quantitative estimate of drug-likeness (QED) is 0.255. The summed E-state index contributed by atoms with van der Waals surface area (Å²) in [5.41, 5.74) is 11.0. The predicted octanol–water partition coefficient (Wildman–Crippen LogP) is 5.88. The van der Waals surface area contributed by atoms with Gasteiger partial charge in [0.1, 0.15) is 11.6 Å². The van der Waals surface area contributed by atoms with Gasteiger partial charge >= 0.3 is 0 Å². The monoisotopic (exact) mass is 534 g/mol. The summed E-state index contributed by atoms with van der Waals surface area (Å²) in [6.45, 7) is 7.93. The largest absolute Gasteiger partial charge is 0.437 e. The number of pyridine rings is 1. The second-order valence-corrected chi connectivity index (χ2v) is 9.30. The zero-order chi connectivity index (χ0) is 26.5. The van der Waals surface area contributed by atoms with Crippen LogP contribution in [0.15, 0.2) is 90.2 Å². The number of carbonyl (C=O) groups is 1. The van der Waals surface area contributed by atoms with E-state index in [1.807, 2.05) is 50.5 Å². The Hall–Kier alpha value is -3.95. The van der Waals surface area contributed by atoms with Gasteiger partial charge in [-0.1, -0.05) is 54.4 Å². The van der Waals surface area contributed by atoms with Crippen LogP contribution in [0.4, 0.5) is 5.82 Å². The summed E-state index contributed by atoms with van der Waals surface area (Å²) in [5.74, 6) is 0.801. The minimum atomic E-state index is -0.282. The number of para-hydroxylation sites is 1. The molecular formula is C27H27ClN6O2S. The molecule has 3 heterocycles. The van der Waals surface area contributed by atoms with Gasteiger partial charge in [-0.05, 0) is 49.6 Å². The molecule has 0 fully saturated rings.